The average molecular weight is 389 g/mol. The van der Waals surface area contributed by atoms with Gasteiger partial charge < -0.3 is 19.5 Å². The summed E-state index contributed by atoms with van der Waals surface area (Å²) < 4.78 is 43.8. The molecule has 0 bridgehead atoms. The van der Waals surface area contributed by atoms with Crippen LogP contribution < -0.4 is 4.90 Å². The van der Waals surface area contributed by atoms with Gasteiger partial charge in [0.25, 0.3) is 0 Å². The molecule has 1 aromatic heterocycles. The van der Waals surface area contributed by atoms with E-state index in [0.29, 0.717) is 6.04 Å². The van der Waals surface area contributed by atoms with Crippen LogP contribution in [0.3, 0.4) is 0 Å². The molecule has 1 aromatic rings. The van der Waals surface area contributed by atoms with Crippen molar-refractivity contribution in [1.29, 1.82) is 0 Å². The van der Waals surface area contributed by atoms with E-state index in [9.17, 15) is 13.2 Å². The first-order valence-corrected chi connectivity index (χ1v) is 8.93. The number of alkyl halides is 3. The fourth-order valence-corrected chi connectivity index (χ4v) is 3.33. The lowest BCUT2D eigenvalue weighted by Crippen LogP contribution is -2.52. The number of fused-ring (bicyclic) bond motifs is 1. The number of carboxylic acid groups (broad SMARTS) is 1. The van der Waals surface area contributed by atoms with E-state index >= 15 is 0 Å². The van der Waals surface area contributed by atoms with Gasteiger partial charge in [0.05, 0.1) is 18.8 Å². The standard InChI is InChI=1S/C15H21N3O2.C2HF3O2/c1-6-16-15(17-7-1)18-8-9-19-14-12(18)4-5-13(14)20-10-11-2-3-11;3-2(4,5)1(6)7/h1,6-7,11-14H,2-5,8-10H2;(H,6,7)/t12-,13+,14+;/m0./s1. The van der Waals surface area contributed by atoms with Crippen LogP contribution in [-0.4, -0.2) is 65.2 Å². The maximum atomic E-state index is 10.6. The van der Waals surface area contributed by atoms with Crippen molar-refractivity contribution in [1.82, 2.24) is 9.97 Å². The zero-order chi connectivity index (χ0) is 19.4. The normalized spacial score (nSPS) is 27.5. The number of nitrogens with zero attached hydrogens (tertiary/aromatic N) is 3. The van der Waals surface area contributed by atoms with E-state index in [1.54, 1.807) is 0 Å². The number of halogens is 3. The minimum atomic E-state index is -5.08. The predicted octanol–water partition coefficient (Wildman–Crippen LogP) is 2.27. The van der Waals surface area contributed by atoms with Crippen molar-refractivity contribution in [3.8, 4) is 0 Å². The summed E-state index contributed by atoms with van der Waals surface area (Å²) in [4.78, 5) is 20.0. The third-order valence-electron chi connectivity index (χ3n) is 4.83. The smallest absolute Gasteiger partial charge is 0.475 e. The quantitative estimate of drug-likeness (QED) is 0.846. The minimum absolute atomic E-state index is 0.186. The van der Waals surface area contributed by atoms with Gasteiger partial charge in [0.15, 0.2) is 0 Å². The summed E-state index contributed by atoms with van der Waals surface area (Å²) in [5.74, 6) is -1.12. The van der Waals surface area contributed by atoms with Gasteiger partial charge in [-0.2, -0.15) is 13.2 Å². The van der Waals surface area contributed by atoms with Crippen LogP contribution in [-0.2, 0) is 14.3 Å². The number of hydrogen-bond donors (Lipinski definition) is 1. The van der Waals surface area contributed by atoms with Crippen molar-refractivity contribution in [3.63, 3.8) is 0 Å². The van der Waals surface area contributed by atoms with E-state index in [0.717, 1.165) is 44.5 Å². The summed E-state index contributed by atoms with van der Waals surface area (Å²) >= 11 is 0. The molecule has 2 heterocycles. The molecule has 27 heavy (non-hydrogen) atoms. The number of carbonyl (C=O) groups is 1. The zero-order valence-electron chi connectivity index (χ0n) is 14.6. The molecular formula is C17H22F3N3O4. The molecule has 0 unspecified atom stereocenters. The molecule has 10 heteroatoms. The van der Waals surface area contributed by atoms with E-state index in [-0.39, 0.29) is 12.2 Å². The van der Waals surface area contributed by atoms with Crippen LogP contribution in [0, 0.1) is 5.92 Å². The number of aromatic nitrogens is 2. The number of rotatable bonds is 4. The summed E-state index contributed by atoms with van der Waals surface area (Å²) in [6.07, 6.45) is 3.85. The van der Waals surface area contributed by atoms with Gasteiger partial charge >= 0.3 is 12.1 Å². The Kier molecular flexibility index (Phi) is 6.15. The number of hydrogen-bond acceptors (Lipinski definition) is 6. The molecule has 3 fully saturated rings. The van der Waals surface area contributed by atoms with E-state index in [1.807, 2.05) is 18.5 Å². The van der Waals surface area contributed by atoms with Crippen LogP contribution in [0.5, 0.6) is 0 Å². The highest BCUT2D eigenvalue weighted by molar-refractivity contribution is 5.73. The summed E-state index contributed by atoms with van der Waals surface area (Å²) in [5.41, 5.74) is 0. The molecule has 1 saturated heterocycles. The van der Waals surface area contributed by atoms with Gasteiger partial charge in [-0.05, 0) is 37.7 Å². The highest BCUT2D eigenvalue weighted by Crippen LogP contribution is 2.36. The SMILES string of the molecule is O=C(O)C(F)(F)F.c1cnc(N2CCO[C@H]3[C@H](OCC4CC4)CC[C@@H]32)nc1. The third-order valence-corrected chi connectivity index (χ3v) is 4.83. The van der Waals surface area contributed by atoms with E-state index in [2.05, 4.69) is 14.9 Å². The first kappa shape index (κ1) is 19.8. The first-order valence-electron chi connectivity index (χ1n) is 8.93. The van der Waals surface area contributed by atoms with Crippen molar-refractivity contribution < 1.29 is 32.5 Å². The molecule has 7 nitrogen and oxygen atoms in total. The van der Waals surface area contributed by atoms with Crippen LogP contribution in [0.4, 0.5) is 19.1 Å². The van der Waals surface area contributed by atoms with Crippen LogP contribution in [0.15, 0.2) is 18.5 Å². The minimum Gasteiger partial charge on any atom is -0.475 e. The zero-order valence-corrected chi connectivity index (χ0v) is 14.6. The van der Waals surface area contributed by atoms with Gasteiger partial charge in [0, 0.05) is 25.5 Å². The van der Waals surface area contributed by atoms with Crippen molar-refractivity contribution in [2.24, 2.45) is 5.92 Å². The van der Waals surface area contributed by atoms with E-state index in [1.165, 1.54) is 12.8 Å². The van der Waals surface area contributed by atoms with Crippen LogP contribution in [0.2, 0.25) is 0 Å². The average Bonchev–Trinajstić information content (AvgIpc) is 3.38. The second-order valence-corrected chi connectivity index (χ2v) is 6.84. The Balaban J connectivity index is 0.000000260. The van der Waals surface area contributed by atoms with Crippen molar-refractivity contribution in [3.05, 3.63) is 18.5 Å². The molecule has 4 rings (SSSR count). The molecule has 1 N–H and O–H groups in total. The molecule has 0 spiro atoms. The Morgan fingerprint density at radius 3 is 2.52 bits per heavy atom. The number of carboxylic acids is 1. The lowest BCUT2D eigenvalue weighted by Gasteiger charge is -2.39. The highest BCUT2D eigenvalue weighted by Gasteiger charge is 2.44. The van der Waals surface area contributed by atoms with Crippen molar-refractivity contribution in [2.75, 3.05) is 24.7 Å². The van der Waals surface area contributed by atoms with Gasteiger partial charge in [-0.15, -0.1) is 0 Å². The number of morpholine rings is 1. The largest absolute Gasteiger partial charge is 0.490 e. The Hall–Kier alpha value is -1.94. The summed E-state index contributed by atoms with van der Waals surface area (Å²) in [7, 11) is 0. The fraction of sp³-hybridized carbons (Fsp3) is 0.706. The molecule has 2 aliphatic carbocycles. The van der Waals surface area contributed by atoms with E-state index in [4.69, 9.17) is 19.4 Å². The Bertz CT molecular complexity index is 628. The Morgan fingerprint density at radius 2 is 1.93 bits per heavy atom. The van der Waals surface area contributed by atoms with E-state index < -0.39 is 12.1 Å². The van der Waals surface area contributed by atoms with Crippen molar-refractivity contribution in [2.45, 2.75) is 50.1 Å². The molecule has 3 aliphatic rings. The number of aliphatic carboxylic acids is 1. The second-order valence-electron chi connectivity index (χ2n) is 6.84. The van der Waals surface area contributed by atoms with Gasteiger partial charge in [-0.25, -0.2) is 14.8 Å². The summed E-state index contributed by atoms with van der Waals surface area (Å²) in [6.45, 7) is 2.53. The maximum absolute atomic E-state index is 10.6. The number of anilines is 1. The second kappa shape index (κ2) is 8.39. The molecule has 2 saturated carbocycles. The molecule has 0 radical (unpaired) electrons. The van der Waals surface area contributed by atoms with Gasteiger partial charge in [0.2, 0.25) is 5.95 Å². The van der Waals surface area contributed by atoms with Gasteiger partial charge in [-0.3, -0.25) is 0 Å². The topological polar surface area (TPSA) is 84.8 Å². The van der Waals surface area contributed by atoms with Crippen LogP contribution >= 0.6 is 0 Å². The molecule has 3 atom stereocenters. The lowest BCUT2D eigenvalue weighted by atomic mass is 10.1. The van der Waals surface area contributed by atoms with Gasteiger partial charge in [0.1, 0.15) is 6.10 Å². The van der Waals surface area contributed by atoms with Crippen molar-refractivity contribution >= 4 is 11.9 Å². The number of ether oxygens (including phenoxy) is 2. The van der Waals surface area contributed by atoms with Gasteiger partial charge in [-0.1, -0.05) is 0 Å². The first-order chi connectivity index (χ1) is 12.9. The molecular weight excluding hydrogens is 367 g/mol. The van der Waals surface area contributed by atoms with Crippen LogP contribution in [0.25, 0.3) is 0 Å². The molecule has 150 valence electrons. The predicted molar refractivity (Wildman–Crippen MR) is 88.3 cm³/mol. The molecule has 0 aromatic carbocycles. The highest BCUT2D eigenvalue weighted by atomic mass is 19.4. The fourth-order valence-electron chi connectivity index (χ4n) is 3.33. The third kappa shape index (κ3) is 5.29. The molecule has 0 amide bonds. The monoisotopic (exact) mass is 389 g/mol. The lowest BCUT2D eigenvalue weighted by molar-refractivity contribution is -0.192. The Labute approximate surface area is 154 Å². The summed E-state index contributed by atoms with van der Waals surface area (Å²) in [6, 6.07) is 2.23. The van der Waals surface area contributed by atoms with Crippen LogP contribution in [0.1, 0.15) is 25.7 Å². The molecule has 1 aliphatic heterocycles. The maximum Gasteiger partial charge on any atom is 0.490 e. The summed E-state index contributed by atoms with van der Waals surface area (Å²) in [5, 5.41) is 7.12. The Morgan fingerprint density at radius 1 is 1.26 bits per heavy atom.